The Morgan fingerprint density at radius 3 is 2.52 bits per heavy atom. The van der Waals surface area contributed by atoms with Gasteiger partial charge in [0.1, 0.15) is 6.10 Å². The van der Waals surface area contributed by atoms with Crippen LogP contribution in [0.4, 0.5) is 0 Å². The molecule has 2 unspecified atom stereocenters. The zero-order chi connectivity index (χ0) is 19.2. The van der Waals surface area contributed by atoms with Crippen LogP contribution in [-0.2, 0) is 22.1 Å². The normalized spacial score (nSPS) is 21.4. The number of hydrogen-bond donors (Lipinski definition) is 3. The molecule has 0 spiro atoms. The van der Waals surface area contributed by atoms with E-state index in [0.717, 1.165) is 11.1 Å². The van der Waals surface area contributed by atoms with Gasteiger partial charge >= 0.3 is 14.0 Å². The van der Waals surface area contributed by atoms with Gasteiger partial charge in [-0.25, -0.2) is 4.79 Å². The fraction of sp³-hybridized carbons (Fsp3) is 0.350. The standard InChI is InChI=1S/C20H22NO5P/c22-20(23)17-9-5-4-8-15(17)11-16-13-26-18(12-21-16)19(27(24)25)10-14-6-2-1-3-7-14/h1-9,16,18-19,21H,10-13H2,(H-,22,23,24,25)/p+1/t16-,18-,19?/m1/s1. The molecule has 0 amide bonds. The first-order chi connectivity index (χ1) is 13.0. The third-order valence-corrected chi connectivity index (χ3v) is 5.92. The Bertz CT molecular complexity index is 790. The molecule has 0 aromatic heterocycles. The fourth-order valence-corrected chi connectivity index (χ4v) is 4.24. The summed E-state index contributed by atoms with van der Waals surface area (Å²) in [5.74, 6) is -0.944. The Labute approximate surface area is 159 Å². The highest BCUT2D eigenvalue weighted by molar-refractivity contribution is 7.39. The Hall–Kier alpha value is -2.11. The molecule has 1 aliphatic rings. The van der Waals surface area contributed by atoms with Gasteiger partial charge in [-0.15, -0.1) is 0 Å². The molecule has 0 bridgehead atoms. The van der Waals surface area contributed by atoms with Crippen molar-refractivity contribution in [1.82, 2.24) is 5.32 Å². The van der Waals surface area contributed by atoms with E-state index in [1.54, 1.807) is 18.2 Å². The second-order valence-corrected chi connectivity index (χ2v) is 7.97. The van der Waals surface area contributed by atoms with Crippen LogP contribution in [0, 0.1) is 0 Å². The first-order valence-corrected chi connectivity index (χ1v) is 10.2. The Morgan fingerprint density at radius 1 is 1.19 bits per heavy atom. The van der Waals surface area contributed by atoms with Crippen LogP contribution in [0.5, 0.6) is 0 Å². The first kappa shape index (κ1) is 19.6. The molecule has 3 rings (SSSR count). The van der Waals surface area contributed by atoms with E-state index in [-0.39, 0.29) is 12.1 Å². The molecule has 1 saturated heterocycles. The highest BCUT2D eigenvalue weighted by Gasteiger charge is 2.40. The minimum atomic E-state index is -2.38. The monoisotopic (exact) mass is 388 g/mol. The molecular formula is C20H23NO5P+. The SMILES string of the molecule is O=C(O)c1ccccc1C[C@@H]1CO[C@@H](C(Cc2ccccc2)[P+](=O)O)CN1. The second-order valence-electron chi connectivity index (χ2n) is 6.70. The van der Waals surface area contributed by atoms with Crippen molar-refractivity contribution in [2.75, 3.05) is 13.2 Å². The predicted octanol–water partition coefficient (Wildman–Crippen LogP) is 2.63. The van der Waals surface area contributed by atoms with Gasteiger partial charge in [0.05, 0.1) is 12.2 Å². The zero-order valence-electron chi connectivity index (χ0n) is 14.8. The summed E-state index contributed by atoms with van der Waals surface area (Å²) in [5.41, 5.74) is 1.56. The third-order valence-electron chi connectivity index (χ3n) is 4.83. The minimum absolute atomic E-state index is 0.0318. The largest absolute Gasteiger partial charge is 0.511 e. The number of aromatic carboxylic acids is 1. The molecule has 0 radical (unpaired) electrons. The molecule has 3 N–H and O–H groups in total. The van der Waals surface area contributed by atoms with Crippen molar-refractivity contribution in [3.05, 3.63) is 71.3 Å². The van der Waals surface area contributed by atoms with Gasteiger partial charge in [0.25, 0.3) is 0 Å². The fourth-order valence-electron chi connectivity index (χ4n) is 3.40. The maximum atomic E-state index is 11.9. The summed E-state index contributed by atoms with van der Waals surface area (Å²) >= 11 is 0. The molecule has 7 heteroatoms. The van der Waals surface area contributed by atoms with Gasteiger partial charge in [-0.2, -0.15) is 4.89 Å². The molecule has 27 heavy (non-hydrogen) atoms. The number of carbonyl (C=O) groups is 1. The van der Waals surface area contributed by atoms with E-state index < -0.39 is 19.7 Å². The summed E-state index contributed by atoms with van der Waals surface area (Å²) in [4.78, 5) is 21.1. The van der Waals surface area contributed by atoms with Crippen molar-refractivity contribution in [1.29, 1.82) is 0 Å². The maximum Gasteiger partial charge on any atom is 0.511 e. The lowest BCUT2D eigenvalue weighted by atomic mass is 9.99. The van der Waals surface area contributed by atoms with Gasteiger partial charge < -0.3 is 15.2 Å². The van der Waals surface area contributed by atoms with Crippen molar-refractivity contribution < 1.29 is 24.1 Å². The highest BCUT2D eigenvalue weighted by Crippen LogP contribution is 2.31. The molecule has 1 aliphatic heterocycles. The summed E-state index contributed by atoms with van der Waals surface area (Å²) in [6.45, 7) is 0.826. The number of ether oxygens (including phenoxy) is 1. The minimum Gasteiger partial charge on any atom is -0.478 e. The quantitative estimate of drug-likeness (QED) is 0.631. The number of hydrogen-bond acceptors (Lipinski definition) is 4. The van der Waals surface area contributed by atoms with Crippen LogP contribution in [0.1, 0.15) is 21.5 Å². The molecule has 142 valence electrons. The van der Waals surface area contributed by atoms with Crippen LogP contribution in [0.25, 0.3) is 0 Å². The summed E-state index contributed by atoms with van der Waals surface area (Å²) in [6, 6.07) is 16.5. The van der Waals surface area contributed by atoms with Crippen molar-refractivity contribution >= 4 is 14.0 Å². The average molecular weight is 388 g/mol. The molecular weight excluding hydrogens is 365 g/mol. The zero-order valence-corrected chi connectivity index (χ0v) is 15.7. The lowest BCUT2D eigenvalue weighted by Gasteiger charge is -2.31. The van der Waals surface area contributed by atoms with Crippen molar-refractivity contribution in [2.45, 2.75) is 30.6 Å². The molecule has 6 nitrogen and oxygen atoms in total. The highest BCUT2D eigenvalue weighted by atomic mass is 31.1. The summed E-state index contributed by atoms with van der Waals surface area (Å²) in [5, 5.41) is 12.6. The third kappa shape index (κ3) is 5.21. The maximum absolute atomic E-state index is 11.9. The van der Waals surface area contributed by atoms with Gasteiger partial charge in [0, 0.05) is 19.0 Å². The van der Waals surface area contributed by atoms with E-state index in [1.165, 1.54) is 0 Å². The van der Waals surface area contributed by atoms with E-state index >= 15 is 0 Å². The van der Waals surface area contributed by atoms with Crippen LogP contribution in [-0.4, -0.2) is 46.9 Å². The smallest absolute Gasteiger partial charge is 0.478 e. The van der Waals surface area contributed by atoms with Gasteiger partial charge in [-0.3, -0.25) is 0 Å². The summed E-state index contributed by atoms with van der Waals surface area (Å²) < 4.78 is 17.8. The van der Waals surface area contributed by atoms with E-state index in [9.17, 15) is 19.4 Å². The van der Waals surface area contributed by atoms with Crippen LogP contribution in [0.3, 0.4) is 0 Å². The number of carboxylic acids is 1. The van der Waals surface area contributed by atoms with Crippen molar-refractivity contribution in [2.24, 2.45) is 0 Å². The first-order valence-electron chi connectivity index (χ1n) is 8.90. The predicted molar refractivity (Wildman–Crippen MR) is 102 cm³/mol. The van der Waals surface area contributed by atoms with Crippen LogP contribution >= 0.6 is 8.03 Å². The number of morpholine rings is 1. The van der Waals surface area contributed by atoms with E-state index in [2.05, 4.69) is 5.32 Å². The van der Waals surface area contributed by atoms with Gasteiger partial charge in [0.2, 0.25) is 5.66 Å². The van der Waals surface area contributed by atoms with Crippen molar-refractivity contribution in [3.8, 4) is 0 Å². The van der Waals surface area contributed by atoms with E-state index in [4.69, 9.17) is 4.74 Å². The summed E-state index contributed by atoms with van der Waals surface area (Å²) in [7, 11) is -2.38. The molecule has 2 aromatic rings. The van der Waals surface area contributed by atoms with Crippen LogP contribution < -0.4 is 5.32 Å². The van der Waals surface area contributed by atoms with Crippen molar-refractivity contribution in [3.63, 3.8) is 0 Å². The Morgan fingerprint density at radius 2 is 1.89 bits per heavy atom. The second kappa shape index (κ2) is 9.20. The van der Waals surface area contributed by atoms with Gasteiger partial charge in [0.15, 0.2) is 0 Å². The lowest BCUT2D eigenvalue weighted by molar-refractivity contribution is 0.00130. The molecule has 4 atom stereocenters. The van der Waals surface area contributed by atoms with Crippen LogP contribution in [0.15, 0.2) is 54.6 Å². The molecule has 0 aliphatic carbocycles. The lowest BCUT2D eigenvalue weighted by Crippen LogP contribution is -2.51. The topological polar surface area (TPSA) is 95.9 Å². The molecule has 0 saturated carbocycles. The van der Waals surface area contributed by atoms with E-state index in [0.29, 0.717) is 31.6 Å². The van der Waals surface area contributed by atoms with Gasteiger partial charge in [-0.1, -0.05) is 48.5 Å². The average Bonchev–Trinajstić information content (AvgIpc) is 2.68. The Kier molecular flexibility index (Phi) is 6.69. The number of benzene rings is 2. The Balaban J connectivity index is 1.60. The summed E-state index contributed by atoms with van der Waals surface area (Å²) in [6.07, 6.45) is 0.652. The number of rotatable bonds is 7. The van der Waals surface area contributed by atoms with E-state index in [1.807, 2.05) is 36.4 Å². The molecule has 2 aromatic carbocycles. The molecule has 1 fully saturated rings. The molecule has 1 heterocycles. The number of carboxylic acid groups (broad SMARTS) is 1. The number of nitrogens with one attached hydrogen (secondary N) is 1. The van der Waals surface area contributed by atoms with Crippen LogP contribution in [0.2, 0.25) is 0 Å². The van der Waals surface area contributed by atoms with Gasteiger partial charge in [-0.05, 0) is 28.2 Å².